The molecule has 5 aromatic rings. The smallest absolute Gasteiger partial charge is 0.328 e. The number of nitrogens with one attached hydrogen (secondary N) is 3. The van der Waals surface area contributed by atoms with Crippen molar-refractivity contribution in [3.8, 4) is 11.3 Å². The van der Waals surface area contributed by atoms with Crippen LogP contribution in [-0.2, 0) is 17.8 Å². The molecule has 0 radical (unpaired) electrons. The molecule has 3 N–H and O–H groups in total. The Morgan fingerprint density at radius 1 is 0.938 bits per heavy atom. The zero-order valence-corrected chi connectivity index (χ0v) is 36.6. The average molecular weight is 910 g/mol. The van der Waals surface area contributed by atoms with E-state index in [0.717, 1.165) is 28.1 Å². The molecule has 5 aliphatic rings. The Morgan fingerprint density at radius 3 is 2.42 bits per heavy atom. The minimum atomic E-state index is -2.99. The third-order valence-electron chi connectivity index (χ3n) is 13.8. The summed E-state index contributed by atoms with van der Waals surface area (Å²) < 4.78 is 47.6. The number of alkyl halides is 3. The number of hydrogen-bond donors (Lipinski definition) is 3. The molecule has 15 nitrogen and oxygen atoms in total. The summed E-state index contributed by atoms with van der Waals surface area (Å²) in [5.74, 6) is -3.54. The summed E-state index contributed by atoms with van der Waals surface area (Å²) in [7, 11) is 1.77. The van der Waals surface area contributed by atoms with Gasteiger partial charge >= 0.3 is 6.03 Å². The molecule has 4 fully saturated rings. The largest absolute Gasteiger partial charge is 0.385 e. The highest BCUT2D eigenvalue weighted by Crippen LogP contribution is 2.51. The summed E-state index contributed by atoms with van der Waals surface area (Å²) in [4.78, 5) is 67.1. The third-order valence-corrected chi connectivity index (χ3v) is 14.2. The van der Waals surface area contributed by atoms with E-state index in [1.807, 2.05) is 36.4 Å². The number of rotatable bonds is 9. The van der Waals surface area contributed by atoms with E-state index in [0.29, 0.717) is 65.9 Å². The number of fused-ring (bicyclic) bond motifs is 2. The number of likely N-dealkylation sites (tertiary alicyclic amines) is 2. The number of carbonyl (C=O) groups excluding carboxylic acids is 4. The van der Waals surface area contributed by atoms with E-state index in [-0.39, 0.29) is 68.4 Å². The highest BCUT2D eigenvalue weighted by molar-refractivity contribution is 6.32. The highest BCUT2D eigenvalue weighted by Gasteiger charge is 2.57. The van der Waals surface area contributed by atoms with E-state index in [1.54, 1.807) is 36.0 Å². The highest BCUT2D eigenvalue weighted by atomic mass is 35.5. The average Bonchev–Trinajstić information content (AvgIpc) is 3.60. The molecule has 0 bridgehead atoms. The van der Waals surface area contributed by atoms with Gasteiger partial charge in [-0.1, -0.05) is 29.8 Å². The van der Waals surface area contributed by atoms with Crippen LogP contribution in [0.5, 0.6) is 0 Å². The lowest BCUT2D eigenvalue weighted by atomic mass is 9.68. The normalized spacial score (nSPS) is 21.4. The second kappa shape index (κ2) is 16.3. The van der Waals surface area contributed by atoms with Crippen LogP contribution in [0.3, 0.4) is 0 Å². The minimum absolute atomic E-state index is 0.114. The molecule has 4 aliphatic heterocycles. The topological polar surface area (TPSA) is 160 Å². The quantitative estimate of drug-likeness (QED) is 0.148. The summed E-state index contributed by atoms with van der Waals surface area (Å²) in [5, 5.41) is 13.3. The van der Waals surface area contributed by atoms with Crippen LogP contribution >= 0.6 is 11.6 Å². The van der Waals surface area contributed by atoms with Gasteiger partial charge in [-0.05, 0) is 80.1 Å². The molecule has 1 saturated carbocycles. The lowest BCUT2D eigenvalue weighted by Crippen LogP contribution is -2.59. The van der Waals surface area contributed by atoms with Crippen LogP contribution in [0.4, 0.5) is 40.8 Å². The summed E-state index contributed by atoms with van der Waals surface area (Å²) in [6, 6.07) is 13.8. The Bertz CT molecular complexity index is 2760. The Labute approximate surface area is 377 Å². The number of amides is 5. The Balaban J connectivity index is 0.786. The molecule has 1 spiro atoms. The van der Waals surface area contributed by atoms with E-state index in [4.69, 9.17) is 21.7 Å². The van der Waals surface area contributed by atoms with Gasteiger partial charge in [0.05, 0.1) is 35.9 Å². The maximum absolute atomic E-state index is 16.3. The van der Waals surface area contributed by atoms with Crippen molar-refractivity contribution in [2.45, 2.75) is 70.1 Å². The number of benzene rings is 2. The zero-order valence-electron chi connectivity index (χ0n) is 35.8. The van der Waals surface area contributed by atoms with Crippen molar-refractivity contribution in [3.63, 3.8) is 0 Å². The summed E-state index contributed by atoms with van der Waals surface area (Å²) in [5.41, 5.74) is 5.96. The van der Waals surface area contributed by atoms with Gasteiger partial charge in [-0.25, -0.2) is 27.5 Å². The van der Waals surface area contributed by atoms with E-state index in [1.165, 1.54) is 21.7 Å². The molecule has 10 rings (SSSR count). The number of imidazole rings is 1. The third kappa shape index (κ3) is 7.69. The van der Waals surface area contributed by atoms with Crippen molar-refractivity contribution in [2.75, 3.05) is 61.4 Å². The number of anilines is 4. The first-order valence-electron chi connectivity index (χ1n) is 21.9. The van der Waals surface area contributed by atoms with Gasteiger partial charge in [-0.3, -0.25) is 34.5 Å². The van der Waals surface area contributed by atoms with Gasteiger partial charge in [0.2, 0.25) is 5.91 Å². The number of aromatic nitrogens is 4. The van der Waals surface area contributed by atoms with Crippen molar-refractivity contribution in [1.82, 2.24) is 40.0 Å². The van der Waals surface area contributed by atoms with E-state index in [9.17, 15) is 23.6 Å². The minimum Gasteiger partial charge on any atom is -0.385 e. The fourth-order valence-electron chi connectivity index (χ4n) is 9.85. The number of carbonyl (C=O) groups is 4. The molecule has 2 atom stereocenters. The molecule has 7 heterocycles. The standard InChI is InChI=1S/C46H47ClF3N11O4/c1-26-31(47)18-28(19-37(26)60-14-9-40(62)55-44(60)65)43(64)58-16-11-45(12-17-58)10-15-57(25-46(45,49)50)24-27-6-7-33(52-22-27)29-4-3-5-36-30(29)8-13-59(36)39-21-35(51-2)41-53-23-38(61(41)56-39)42(63)54-34-20-32(34)48/h3-7,18-19,21-23,32,34,51H,8-17,20,24-25H2,1-2H3,(H,54,63)(H,55,62,65)/t32-,34+/m0/s1. The maximum atomic E-state index is 16.3. The monoisotopic (exact) mass is 909 g/mol. The molecular weight excluding hydrogens is 863 g/mol. The second-order valence-corrected chi connectivity index (χ2v) is 18.1. The first kappa shape index (κ1) is 42.7. The van der Waals surface area contributed by atoms with Gasteiger partial charge in [0, 0.05) is 92.1 Å². The van der Waals surface area contributed by atoms with E-state index >= 15 is 8.78 Å². The molecule has 338 valence electrons. The number of nitrogens with zero attached hydrogens (tertiary/aromatic N) is 8. The lowest BCUT2D eigenvalue weighted by Gasteiger charge is -2.51. The first-order valence-corrected chi connectivity index (χ1v) is 22.3. The number of hydrogen-bond acceptors (Lipinski definition) is 10. The molecule has 3 saturated heterocycles. The zero-order chi connectivity index (χ0) is 45.4. The molecule has 19 heteroatoms. The summed E-state index contributed by atoms with van der Waals surface area (Å²) in [6.45, 7) is 3.22. The van der Waals surface area contributed by atoms with Gasteiger partial charge in [0.15, 0.2) is 17.2 Å². The van der Waals surface area contributed by atoms with Crippen molar-refractivity contribution in [2.24, 2.45) is 5.41 Å². The first-order chi connectivity index (χ1) is 31.2. The molecule has 0 unspecified atom stereocenters. The van der Waals surface area contributed by atoms with E-state index < -0.39 is 42.0 Å². The lowest BCUT2D eigenvalue weighted by molar-refractivity contribution is -0.186. The molecule has 65 heavy (non-hydrogen) atoms. The SMILES string of the molecule is CNc1cc(N2CCc3c(-c4ccc(CN5CCC6(CCN(C(=O)c7cc(Cl)c(C)c(N8CCC(=O)NC8=O)c7)CC6)C(F)(F)C5)cn4)cccc32)nn2c(C(=O)N[C@@H]3C[C@@H]3F)cnc12. The van der Waals surface area contributed by atoms with Gasteiger partial charge in [0.25, 0.3) is 17.7 Å². The Kier molecular flexibility index (Phi) is 10.7. The van der Waals surface area contributed by atoms with Crippen LogP contribution < -0.4 is 25.8 Å². The van der Waals surface area contributed by atoms with Crippen molar-refractivity contribution in [1.29, 1.82) is 0 Å². The number of pyridine rings is 1. The van der Waals surface area contributed by atoms with Crippen LogP contribution in [0.25, 0.3) is 16.9 Å². The fourth-order valence-corrected chi connectivity index (χ4v) is 10.1. The van der Waals surface area contributed by atoms with Gasteiger partial charge < -0.3 is 20.4 Å². The number of urea groups is 1. The molecule has 1 aliphatic carbocycles. The van der Waals surface area contributed by atoms with Gasteiger partial charge in [-0.15, -0.1) is 5.10 Å². The maximum Gasteiger partial charge on any atom is 0.328 e. The van der Waals surface area contributed by atoms with Crippen molar-refractivity contribution < 1.29 is 32.3 Å². The van der Waals surface area contributed by atoms with Crippen LogP contribution in [0, 0.1) is 12.3 Å². The molecule has 3 aromatic heterocycles. The molecule has 5 amide bonds. The van der Waals surface area contributed by atoms with Crippen LogP contribution in [-0.4, -0.2) is 118 Å². The summed E-state index contributed by atoms with van der Waals surface area (Å²) in [6.07, 6.45) is 3.88. The van der Waals surface area contributed by atoms with Crippen LogP contribution in [0.15, 0.2) is 60.9 Å². The number of piperidine rings is 2. The fraction of sp³-hybridized carbons (Fsp3) is 0.413. The predicted molar refractivity (Wildman–Crippen MR) is 238 cm³/mol. The van der Waals surface area contributed by atoms with Crippen molar-refractivity contribution >= 4 is 63.9 Å². The van der Waals surface area contributed by atoms with Crippen LogP contribution in [0.1, 0.15) is 69.6 Å². The Morgan fingerprint density at radius 2 is 1.71 bits per heavy atom. The van der Waals surface area contributed by atoms with E-state index in [2.05, 4.69) is 25.8 Å². The summed E-state index contributed by atoms with van der Waals surface area (Å²) >= 11 is 6.52. The number of halogens is 4. The second-order valence-electron chi connectivity index (χ2n) is 17.7. The van der Waals surface area contributed by atoms with Gasteiger partial charge in [0.1, 0.15) is 6.17 Å². The molecule has 2 aromatic carbocycles. The Hall–Kier alpha value is -6.27. The molecular formula is C46H47ClF3N11O4. The van der Waals surface area contributed by atoms with Crippen LogP contribution in [0.2, 0.25) is 5.02 Å². The van der Waals surface area contributed by atoms with Gasteiger partial charge in [-0.2, -0.15) is 0 Å². The predicted octanol–water partition coefficient (Wildman–Crippen LogP) is 6.54. The number of imide groups is 1. The van der Waals surface area contributed by atoms with Crippen molar-refractivity contribution in [3.05, 3.63) is 93.9 Å².